The lowest BCUT2D eigenvalue weighted by Crippen LogP contribution is -2.18. The predicted octanol–water partition coefficient (Wildman–Crippen LogP) is 3.56. The number of rotatable bonds is 3. The summed E-state index contributed by atoms with van der Waals surface area (Å²) in [6, 6.07) is 6.06. The van der Waals surface area contributed by atoms with Gasteiger partial charge in [-0.1, -0.05) is 44.5 Å². The van der Waals surface area contributed by atoms with Crippen LogP contribution in [0.5, 0.6) is 0 Å². The Labute approximate surface area is 91.3 Å². The molecule has 0 aromatic heterocycles. The lowest BCUT2D eigenvalue weighted by atomic mass is 9.92. The Morgan fingerprint density at radius 3 is 2.50 bits per heavy atom. The van der Waals surface area contributed by atoms with Crippen LogP contribution in [0.2, 0.25) is 5.02 Å². The third-order valence-corrected chi connectivity index (χ3v) is 2.94. The number of hydrogen-bond acceptors (Lipinski definition) is 1. The summed E-state index contributed by atoms with van der Waals surface area (Å²) in [6.07, 6.45) is 0.940. The predicted molar refractivity (Wildman–Crippen MR) is 62.6 cm³/mol. The van der Waals surface area contributed by atoms with Crippen LogP contribution >= 0.6 is 11.6 Å². The zero-order valence-corrected chi connectivity index (χ0v) is 9.81. The number of hydrogen-bond donors (Lipinski definition) is 1. The number of nitrogens with two attached hydrogens (primary N) is 1. The quantitative estimate of drug-likeness (QED) is 0.813. The van der Waals surface area contributed by atoms with Gasteiger partial charge in [-0.2, -0.15) is 0 Å². The van der Waals surface area contributed by atoms with Crippen molar-refractivity contribution in [3.8, 4) is 0 Å². The second-order valence-electron chi connectivity index (χ2n) is 3.93. The van der Waals surface area contributed by atoms with Crippen LogP contribution in [0.25, 0.3) is 0 Å². The Morgan fingerprint density at radius 2 is 2.00 bits per heavy atom. The Hall–Kier alpha value is -0.530. The van der Waals surface area contributed by atoms with E-state index < -0.39 is 0 Å². The molecular weight excluding hydrogens is 194 g/mol. The molecule has 78 valence electrons. The van der Waals surface area contributed by atoms with Gasteiger partial charge < -0.3 is 5.73 Å². The molecule has 0 fully saturated rings. The highest BCUT2D eigenvalue weighted by atomic mass is 35.5. The van der Waals surface area contributed by atoms with Gasteiger partial charge in [-0.25, -0.2) is 0 Å². The molecular formula is C12H18ClN. The number of halogens is 1. The summed E-state index contributed by atoms with van der Waals surface area (Å²) < 4.78 is 0. The van der Waals surface area contributed by atoms with Gasteiger partial charge in [0.1, 0.15) is 0 Å². The molecule has 0 bridgehead atoms. The highest BCUT2D eigenvalue weighted by Crippen LogP contribution is 2.27. The lowest BCUT2D eigenvalue weighted by Gasteiger charge is -2.20. The monoisotopic (exact) mass is 211 g/mol. The molecule has 14 heavy (non-hydrogen) atoms. The van der Waals surface area contributed by atoms with Gasteiger partial charge in [-0.05, 0) is 29.5 Å². The van der Waals surface area contributed by atoms with Gasteiger partial charge in [0.05, 0.1) is 0 Å². The maximum atomic E-state index is 6.12. The van der Waals surface area contributed by atoms with Crippen molar-refractivity contribution in [2.75, 3.05) is 0 Å². The third-order valence-electron chi connectivity index (χ3n) is 2.59. The molecule has 0 aliphatic carbocycles. The molecule has 0 spiro atoms. The largest absolute Gasteiger partial charge is 0.324 e. The average molecular weight is 212 g/mol. The van der Waals surface area contributed by atoms with E-state index in [9.17, 15) is 0 Å². The van der Waals surface area contributed by atoms with Gasteiger partial charge in [0.2, 0.25) is 0 Å². The van der Waals surface area contributed by atoms with Crippen LogP contribution < -0.4 is 5.73 Å². The SMILES string of the molecule is CCc1c(Cl)cccc1[C@@H](N)C(C)C. The van der Waals surface area contributed by atoms with Gasteiger partial charge >= 0.3 is 0 Å². The van der Waals surface area contributed by atoms with E-state index in [1.165, 1.54) is 11.1 Å². The Bertz CT molecular complexity index is 307. The summed E-state index contributed by atoms with van der Waals surface area (Å²) in [6.45, 7) is 6.37. The fourth-order valence-electron chi connectivity index (χ4n) is 1.62. The fraction of sp³-hybridized carbons (Fsp3) is 0.500. The fourth-order valence-corrected chi connectivity index (χ4v) is 1.94. The van der Waals surface area contributed by atoms with Crippen LogP contribution in [0.3, 0.4) is 0 Å². The lowest BCUT2D eigenvalue weighted by molar-refractivity contribution is 0.511. The van der Waals surface area contributed by atoms with Gasteiger partial charge in [0, 0.05) is 11.1 Å². The molecule has 0 aliphatic heterocycles. The minimum absolute atomic E-state index is 0.0867. The standard InChI is InChI=1S/C12H18ClN/c1-4-9-10(12(14)8(2)3)6-5-7-11(9)13/h5-8,12H,4,14H2,1-3H3/t12-/m0/s1. The van der Waals surface area contributed by atoms with E-state index in [0.717, 1.165) is 11.4 Å². The normalized spacial score (nSPS) is 13.3. The highest BCUT2D eigenvalue weighted by molar-refractivity contribution is 6.31. The number of benzene rings is 1. The Balaban J connectivity index is 3.13. The van der Waals surface area contributed by atoms with Crippen LogP contribution in [0.1, 0.15) is 37.9 Å². The van der Waals surface area contributed by atoms with E-state index >= 15 is 0 Å². The molecule has 0 saturated carbocycles. The van der Waals surface area contributed by atoms with Crippen molar-refractivity contribution < 1.29 is 0 Å². The molecule has 1 atom stereocenters. The van der Waals surface area contributed by atoms with Crippen LogP contribution in [0, 0.1) is 5.92 Å². The molecule has 0 radical (unpaired) electrons. The summed E-state index contributed by atoms with van der Waals surface area (Å²) in [5, 5.41) is 0.834. The topological polar surface area (TPSA) is 26.0 Å². The van der Waals surface area contributed by atoms with Crippen molar-refractivity contribution in [3.05, 3.63) is 34.3 Å². The average Bonchev–Trinajstić information content (AvgIpc) is 2.16. The molecule has 0 heterocycles. The molecule has 0 aliphatic rings. The Morgan fingerprint density at radius 1 is 1.36 bits per heavy atom. The Kier molecular flexibility index (Phi) is 3.97. The molecule has 0 unspecified atom stereocenters. The van der Waals surface area contributed by atoms with E-state index in [4.69, 9.17) is 17.3 Å². The smallest absolute Gasteiger partial charge is 0.0441 e. The minimum atomic E-state index is 0.0867. The molecule has 1 aromatic rings. The first-order chi connectivity index (χ1) is 6.57. The van der Waals surface area contributed by atoms with Crippen LogP contribution in [-0.4, -0.2) is 0 Å². The minimum Gasteiger partial charge on any atom is -0.324 e. The molecule has 2 N–H and O–H groups in total. The van der Waals surface area contributed by atoms with Gasteiger partial charge in [-0.15, -0.1) is 0 Å². The zero-order chi connectivity index (χ0) is 10.7. The summed E-state index contributed by atoms with van der Waals surface area (Å²) in [4.78, 5) is 0. The van der Waals surface area contributed by atoms with E-state index in [2.05, 4.69) is 26.8 Å². The molecule has 0 amide bonds. The van der Waals surface area contributed by atoms with E-state index in [-0.39, 0.29) is 6.04 Å². The van der Waals surface area contributed by atoms with Crippen molar-refractivity contribution >= 4 is 11.6 Å². The van der Waals surface area contributed by atoms with E-state index in [1.54, 1.807) is 0 Å². The maximum Gasteiger partial charge on any atom is 0.0441 e. The summed E-state index contributed by atoms with van der Waals surface area (Å²) in [5.74, 6) is 0.443. The van der Waals surface area contributed by atoms with Gasteiger partial charge in [0.25, 0.3) is 0 Å². The first-order valence-corrected chi connectivity index (χ1v) is 5.48. The second kappa shape index (κ2) is 4.81. The zero-order valence-electron chi connectivity index (χ0n) is 9.05. The third kappa shape index (κ3) is 2.28. The van der Waals surface area contributed by atoms with Crippen LogP contribution in [0.15, 0.2) is 18.2 Å². The molecule has 1 nitrogen and oxygen atoms in total. The molecule has 1 aromatic carbocycles. The molecule has 0 saturated heterocycles. The first-order valence-electron chi connectivity index (χ1n) is 5.10. The van der Waals surface area contributed by atoms with Crippen LogP contribution in [0.4, 0.5) is 0 Å². The first kappa shape index (κ1) is 11.5. The van der Waals surface area contributed by atoms with Crippen molar-refractivity contribution in [2.45, 2.75) is 33.2 Å². The van der Waals surface area contributed by atoms with Crippen molar-refractivity contribution in [1.29, 1.82) is 0 Å². The van der Waals surface area contributed by atoms with E-state index in [0.29, 0.717) is 5.92 Å². The molecule has 2 heteroatoms. The summed E-state index contributed by atoms with van der Waals surface area (Å²) in [5.41, 5.74) is 8.50. The van der Waals surface area contributed by atoms with Crippen molar-refractivity contribution in [3.63, 3.8) is 0 Å². The van der Waals surface area contributed by atoms with Crippen molar-refractivity contribution in [2.24, 2.45) is 11.7 Å². The van der Waals surface area contributed by atoms with Gasteiger partial charge in [0.15, 0.2) is 0 Å². The van der Waals surface area contributed by atoms with Crippen molar-refractivity contribution in [1.82, 2.24) is 0 Å². The van der Waals surface area contributed by atoms with Gasteiger partial charge in [-0.3, -0.25) is 0 Å². The summed E-state index contributed by atoms with van der Waals surface area (Å²) in [7, 11) is 0. The second-order valence-corrected chi connectivity index (χ2v) is 4.34. The maximum absolute atomic E-state index is 6.12. The highest BCUT2D eigenvalue weighted by Gasteiger charge is 2.15. The van der Waals surface area contributed by atoms with Crippen LogP contribution in [-0.2, 0) is 6.42 Å². The van der Waals surface area contributed by atoms with E-state index in [1.807, 2.05) is 12.1 Å². The summed E-state index contributed by atoms with van der Waals surface area (Å²) >= 11 is 6.12. The molecule has 1 rings (SSSR count).